The minimum atomic E-state index is -4.50. The second-order valence-corrected chi connectivity index (χ2v) is 6.82. The molecule has 2 heterocycles. The molecular formula is C20H16F4N4O2. The number of benzene rings is 2. The number of hydrogen-bond donors (Lipinski definition) is 1. The maximum absolute atomic E-state index is 13.1. The van der Waals surface area contributed by atoms with Gasteiger partial charge in [-0.25, -0.2) is 9.18 Å². The smallest absolute Gasteiger partial charge is 0.337 e. The number of carbonyl (C=O) groups excluding carboxylic acids is 1. The van der Waals surface area contributed by atoms with Gasteiger partial charge in [0.25, 0.3) is 0 Å². The van der Waals surface area contributed by atoms with Crippen LogP contribution in [0.2, 0.25) is 0 Å². The Kier molecular flexibility index (Phi) is 5.15. The van der Waals surface area contributed by atoms with Crippen LogP contribution in [-0.2, 0) is 6.18 Å². The van der Waals surface area contributed by atoms with Crippen molar-refractivity contribution in [3.05, 3.63) is 65.8 Å². The third-order valence-corrected chi connectivity index (χ3v) is 4.78. The zero-order valence-corrected chi connectivity index (χ0v) is 15.5. The lowest BCUT2D eigenvalue weighted by atomic mass is 10.2. The van der Waals surface area contributed by atoms with Crippen molar-refractivity contribution in [3.8, 4) is 11.4 Å². The fourth-order valence-electron chi connectivity index (χ4n) is 3.32. The summed E-state index contributed by atoms with van der Waals surface area (Å²) >= 11 is 0. The van der Waals surface area contributed by atoms with E-state index < -0.39 is 29.6 Å². The average molecular weight is 420 g/mol. The number of halogens is 4. The number of nitrogens with one attached hydrogen (secondary N) is 1. The van der Waals surface area contributed by atoms with Crippen molar-refractivity contribution in [1.29, 1.82) is 0 Å². The van der Waals surface area contributed by atoms with Crippen LogP contribution in [0.1, 0.15) is 30.3 Å². The summed E-state index contributed by atoms with van der Waals surface area (Å²) < 4.78 is 57.0. The lowest BCUT2D eigenvalue weighted by molar-refractivity contribution is -0.137. The lowest BCUT2D eigenvalue weighted by Crippen LogP contribution is -2.34. The van der Waals surface area contributed by atoms with E-state index in [1.54, 1.807) is 0 Å². The van der Waals surface area contributed by atoms with Crippen LogP contribution < -0.4 is 5.32 Å². The Hall–Kier alpha value is -3.43. The van der Waals surface area contributed by atoms with Gasteiger partial charge in [-0.3, -0.25) is 0 Å². The van der Waals surface area contributed by atoms with Crippen LogP contribution in [0, 0.1) is 5.82 Å². The van der Waals surface area contributed by atoms with Crippen molar-refractivity contribution in [3.63, 3.8) is 0 Å². The molecule has 0 saturated carbocycles. The molecule has 1 aliphatic heterocycles. The first-order valence-corrected chi connectivity index (χ1v) is 9.16. The molecule has 1 aliphatic rings. The summed E-state index contributed by atoms with van der Waals surface area (Å²) in [5.74, 6) is 0.0804. The van der Waals surface area contributed by atoms with E-state index in [0.717, 1.165) is 12.1 Å². The Labute approximate surface area is 168 Å². The molecule has 156 valence electrons. The summed E-state index contributed by atoms with van der Waals surface area (Å²) in [7, 11) is 0. The molecule has 1 saturated heterocycles. The highest BCUT2D eigenvalue weighted by molar-refractivity contribution is 5.89. The molecule has 0 radical (unpaired) electrons. The summed E-state index contributed by atoms with van der Waals surface area (Å²) in [6.07, 6.45) is -3.26. The van der Waals surface area contributed by atoms with Gasteiger partial charge in [-0.1, -0.05) is 11.2 Å². The number of nitrogens with zero attached hydrogens (tertiary/aromatic N) is 3. The number of alkyl halides is 3. The summed E-state index contributed by atoms with van der Waals surface area (Å²) in [4.78, 5) is 18.4. The minimum absolute atomic E-state index is 0.0398. The fourth-order valence-corrected chi connectivity index (χ4v) is 3.32. The number of likely N-dealkylation sites (tertiary alicyclic amines) is 1. The van der Waals surface area contributed by atoms with Crippen LogP contribution in [-0.4, -0.2) is 27.6 Å². The van der Waals surface area contributed by atoms with Crippen LogP contribution in [0.15, 0.2) is 53.1 Å². The first kappa shape index (κ1) is 19.9. The van der Waals surface area contributed by atoms with Crippen LogP contribution in [0.3, 0.4) is 0 Å². The Morgan fingerprint density at radius 2 is 1.93 bits per heavy atom. The molecule has 2 aromatic carbocycles. The van der Waals surface area contributed by atoms with Gasteiger partial charge in [0.1, 0.15) is 11.9 Å². The van der Waals surface area contributed by atoms with Crippen LogP contribution >= 0.6 is 0 Å². The highest BCUT2D eigenvalue weighted by Gasteiger charge is 2.35. The van der Waals surface area contributed by atoms with Crippen molar-refractivity contribution in [2.75, 3.05) is 11.9 Å². The molecule has 1 fully saturated rings. The summed E-state index contributed by atoms with van der Waals surface area (Å²) in [5.41, 5.74) is -0.249. The Morgan fingerprint density at radius 1 is 1.17 bits per heavy atom. The zero-order chi connectivity index (χ0) is 21.3. The molecule has 10 heteroatoms. The number of carbonyl (C=O) groups is 1. The van der Waals surface area contributed by atoms with Gasteiger partial charge in [-0.2, -0.15) is 18.2 Å². The molecule has 1 aromatic heterocycles. The van der Waals surface area contributed by atoms with Gasteiger partial charge < -0.3 is 14.7 Å². The van der Waals surface area contributed by atoms with Crippen molar-refractivity contribution in [2.24, 2.45) is 0 Å². The lowest BCUT2D eigenvalue weighted by Gasteiger charge is -2.22. The van der Waals surface area contributed by atoms with Crippen molar-refractivity contribution in [1.82, 2.24) is 15.0 Å². The molecular weight excluding hydrogens is 404 g/mol. The van der Waals surface area contributed by atoms with Crippen molar-refractivity contribution in [2.45, 2.75) is 25.1 Å². The standard InChI is InChI=1S/C20H16F4N4O2/c21-14-8-6-12(7-9-14)17-26-18(30-27-17)16-5-2-10-28(16)19(29)25-15-4-1-3-13(11-15)20(22,23)24/h1,3-4,6-9,11,16H,2,5,10H2,(H,25,29). The number of amides is 2. The molecule has 0 spiro atoms. The van der Waals surface area contributed by atoms with Crippen LogP contribution in [0.5, 0.6) is 0 Å². The number of rotatable bonds is 3. The predicted octanol–water partition coefficient (Wildman–Crippen LogP) is 5.26. The molecule has 2 amide bonds. The number of aromatic nitrogens is 2. The number of urea groups is 1. The molecule has 30 heavy (non-hydrogen) atoms. The second-order valence-electron chi connectivity index (χ2n) is 6.82. The quantitative estimate of drug-likeness (QED) is 0.587. The van der Waals surface area contributed by atoms with E-state index in [2.05, 4.69) is 15.5 Å². The van der Waals surface area contributed by atoms with E-state index >= 15 is 0 Å². The van der Waals surface area contributed by atoms with E-state index in [-0.39, 0.29) is 17.4 Å². The third-order valence-electron chi connectivity index (χ3n) is 4.78. The van der Waals surface area contributed by atoms with Crippen molar-refractivity contribution < 1.29 is 26.9 Å². The normalized spacial score (nSPS) is 16.7. The number of hydrogen-bond acceptors (Lipinski definition) is 4. The zero-order valence-electron chi connectivity index (χ0n) is 15.5. The molecule has 0 aliphatic carbocycles. The van der Waals surface area contributed by atoms with E-state index in [0.29, 0.717) is 24.9 Å². The Balaban J connectivity index is 1.50. The van der Waals surface area contributed by atoms with E-state index in [9.17, 15) is 22.4 Å². The van der Waals surface area contributed by atoms with Crippen molar-refractivity contribution >= 4 is 11.7 Å². The first-order chi connectivity index (χ1) is 14.3. The Bertz CT molecular complexity index is 1050. The third kappa shape index (κ3) is 4.12. The largest absolute Gasteiger partial charge is 0.416 e. The molecule has 1 unspecified atom stereocenters. The summed E-state index contributed by atoms with van der Waals surface area (Å²) in [5, 5.41) is 6.38. The fraction of sp³-hybridized carbons (Fsp3) is 0.250. The minimum Gasteiger partial charge on any atom is -0.337 e. The highest BCUT2D eigenvalue weighted by Crippen LogP contribution is 2.34. The Morgan fingerprint density at radius 3 is 2.67 bits per heavy atom. The van der Waals surface area contributed by atoms with Gasteiger partial charge in [0, 0.05) is 17.8 Å². The van der Waals surface area contributed by atoms with Gasteiger partial charge >= 0.3 is 12.2 Å². The average Bonchev–Trinajstić information content (AvgIpc) is 3.37. The van der Waals surface area contributed by atoms with E-state index in [4.69, 9.17) is 4.52 Å². The van der Waals surface area contributed by atoms with Gasteiger partial charge in [-0.05, 0) is 55.3 Å². The van der Waals surface area contributed by atoms with E-state index in [1.165, 1.54) is 41.3 Å². The molecule has 3 aromatic rings. The van der Waals surface area contributed by atoms with Gasteiger partial charge in [0.2, 0.25) is 11.7 Å². The van der Waals surface area contributed by atoms with Gasteiger partial charge in [0.15, 0.2) is 0 Å². The molecule has 1 N–H and O–H groups in total. The predicted molar refractivity (Wildman–Crippen MR) is 98.8 cm³/mol. The second kappa shape index (κ2) is 7.77. The first-order valence-electron chi connectivity index (χ1n) is 9.16. The SMILES string of the molecule is O=C(Nc1cccc(C(F)(F)F)c1)N1CCCC1c1nc(-c2ccc(F)cc2)no1. The van der Waals surface area contributed by atoms with Gasteiger partial charge in [0.05, 0.1) is 5.56 Å². The highest BCUT2D eigenvalue weighted by atomic mass is 19.4. The summed E-state index contributed by atoms with van der Waals surface area (Å²) in [6.45, 7) is 0.393. The van der Waals surface area contributed by atoms with E-state index in [1.807, 2.05) is 0 Å². The van der Waals surface area contributed by atoms with Gasteiger partial charge in [-0.15, -0.1) is 0 Å². The summed E-state index contributed by atoms with van der Waals surface area (Å²) in [6, 6.07) is 8.94. The van der Waals surface area contributed by atoms with Crippen LogP contribution in [0.25, 0.3) is 11.4 Å². The topological polar surface area (TPSA) is 71.3 Å². The van der Waals surface area contributed by atoms with Crippen LogP contribution in [0.4, 0.5) is 28.0 Å². The monoisotopic (exact) mass is 420 g/mol. The maximum atomic E-state index is 13.1. The number of anilines is 1. The molecule has 0 bridgehead atoms. The molecule has 6 nitrogen and oxygen atoms in total. The molecule has 4 rings (SSSR count). The maximum Gasteiger partial charge on any atom is 0.416 e. The molecule has 1 atom stereocenters.